The molecule has 0 aliphatic rings. The van der Waals surface area contributed by atoms with Gasteiger partial charge in [0.05, 0.1) is 22.6 Å². The van der Waals surface area contributed by atoms with Gasteiger partial charge in [-0.2, -0.15) is 5.10 Å². The summed E-state index contributed by atoms with van der Waals surface area (Å²) in [5.74, 6) is 0. The van der Waals surface area contributed by atoms with Crippen molar-refractivity contribution in [3.05, 3.63) is 55.1 Å². The fraction of sp³-hybridized carbons (Fsp3) is 0.143. The molecule has 5 heterocycles. The number of rotatable bonds is 4. The van der Waals surface area contributed by atoms with Gasteiger partial charge in [-0.1, -0.05) is 0 Å². The predicted octanol–water partition coefficient (Wildman–Crippen LogP) is 4.38. The summed E-state index contributed by atoms with van der Waals surface area (Å²) in [7, 11) is 0. The summed E-state index contributed by atoms with van der Waals surface area (Å²) >= 11 is 0. The van der Waals surface area contributed by atoms with E-state index in [9.17, 15) is 0 Å². The van der Waals surface area contributed by atoms with Crippen LogP contribution >= 0.6 is 0 Å². The van der Waals surface area contributed by atoms with Gasteiger partial charge >= 0.3 is 0 Å². The van der Waals surface area contributed by atoms with Gasteiger partial charge in [0.25, 0.3) is 0 Å². The van der Waals surface area contributed by atoms with Crippen molar-refractivity contribution in [1.29, 1.82) is 0 Å². The minimum absolute atomic E-state index is 0.337. The summed E-state index contributed by atoms with van der Waals surface area (Å²) in [6.07, 6.45) is 7.26. The zero-order valence-corrected chi connectivity index (χ0v) is 15.6. The van der Waals surface area contributed by atoms with E-state index in [0.29, 0.717) is 6.04 Å². The first-order valence-corrected chi connectivity index (χ1v) is 9.17. The molecule has 28 heavy (non-hydrogen) atoms. The topological polar surface area (TPSA) is 95.2 Å². The number of pyridine rings is 3. The van der Waals surface area contributed by atoms with Crippen LogP contribution in [0.25, 0.3) is 44.6 Å². The second-order valence-electron chi connectivity index (χ2n) is 7.07. The normalized spacial score (nSPS) is 11.5. The molecular formula is C21H19N7. The molecule has 0 saturated carbocycles. The van der Waals surface area contributed by atoms with Crippen molar-refractivity contribution in [3.8, 4) is 22.6 Å². The first-order chi connectivity index (χ1) is 13.7. The van der Waals surface area contributed by atoms with Crippen molar-refractivity contribution < 1.29 is 0 Å². The Morgan fingerprint density at radius 3 is 2.75 bits per heavy atom. The van der Waals surface area contributed by atoms with Crippen LogP contribution in [0.15, 0.2) is 55.1 Å². The smallest absolute Gasteiger partial charge is 0.135 e. The van der Waals surface area contributed by atoms with Gasteiger partial charge in [0, 0.05) is 47.3 Å². The molecule has 0 radical (unpaired) electrons. The molecule has 5 aromatic heterocycles. The number of hydrogen-bond donors (Lipinski definition) is 3. The van der Waals surface area contributed by atoms with E-state index in [-0.39, 0.29) is 0 Å². The lowest BCUT2D eigenvalue weighted by Crippen LogP contribution is -2.09. The Balaban J connectivity index is 1.60. The van der Waals surface area contributed by atoms with Crippen LogP contribution in [-0.4, -0.2) is 36.2 Å². The highest BCUT2D eigenvalue weighted by Gasteiger charge is 2.14. The molecule has 0 spiro atoms. The van der Waals surface area contributed by atoms with Gasteiger partial charge in [-0.3, -0.25) is 15.1 Å². The number of nitrogens with zero attached hydrogens (tertiary/aromatic N) is 4. The Labute approximate surface area is 161 Å². The van der Waals surface area contributed by atoms with Crippen molar-refractivity contribution in [2.75, 3.05) is 5.32 Å². The number of hydrogen-bond acceptors (Lipinski definition) is 5. The Morgan fingerprint density at radius 1 is 0.964 bits per heavy atom. The zero-order chi connectivity index (χ0) is 19.1. The lowest BCUT2D eigenvalue weighted by Gasteiger charge is -2.10. The largest absolute Gasteiger partial charge is 0.382 e. The molecule has 7 heteroatoms. The maximum Gasteiger partial charge on any atom is 0.135 e. The van der Waals surface area contributed by atoms with Gasteiger partial charge in [-0.25, -0.2) is 4.98 Å². The van der Waals surface area contributed by atoms with Crippen LogP contribution in [0.2, 0.25) is 0 Å². The van der Waals surface area contributed by atoms with Crippen LogP contribution < -0.4 is 5.32 Å². The molecule has 0 bridgehead atoms. The molecule has 3 N–H and O–H groups in total. The lowest BCUT2D eigenvalue weighted by molar-refractivity contribution is 0.898. The minimum atomic E-state index is 0.337. The average Bonchev–Trinajstić information content (AvgIpc) is 3.30. The van der Waals surface area contributed by atoms with Gasteiger partial charge in [0.2, 0.25) is 0 Å². The number of H-pyrrole nitrogens is 2. The van der Waals surface area contributed by atoms with Gasteiger partial charge in [0.15, 0.2) is 0 Å². The van der Waals surface area contributed by atoms with E-state index in [1.807, 2.05) is 42.9 Å². The monoisotopic (exact) mass is 369 g/mol. The molecule has 0 saturated heterocycles. The summed E-state index contributed by atoms with van der Waals surface area (Å²) in [5, 5.41) is 12.0. The first-order valence-electron chi connectivity index (χ1n) is 9.17. The van der Waals surface area contributed by atoms with Crippen molar-refractivity contribution in [1.82, 2.24) is 30.1 Å². The number of fused-ring (bicyclic) bond motifs is 2. The molecule has 5 rings (SSSR count). The van der Waals surface area contributed by atoms with E-state index < -0.39 is 0 Å². The Kier molecular flexibility index (Phi) is 3.79. The van der Waals surface area contributed by atoms with E-state index in [1.54, 1.807) is 6.20 Å². The summed E-state index contributed by atoms with van der Waals surface area (Å²) in [4.78, 5) is 16.8. The van der Waals surface area contributed by atoms with E-state index in [2.05, 4.69) is 50.4 Å². The second kappa shape index (κ2) is 6.45. The standard InChI is InChI=1S/C21H19N7/c1-12(2)24-15-7-13(10-23-11-15)16-3-4-18-20(26-16)21(28-27-18)19-8-14-9-22-6-5-17(14)25-19/h3-12,24-25H,1-2H3,(H,27,28). The van der Waals surface area contributed by atoms with Gasteiger partial charge in [-0.15, -0.1) is 0 Å². The van der Waals surface area contributed by atoms with Crippen LogP contribution in [0.1, 0.15) is 13.8 Å². The quantitative estimate of drug-likeness (QED) is 0.437. The lowest BCUT2D eigenvalue weighted by atomic mass is 10.1. The van der Waals surface area contributed by atoms with Gasteiger partial charge < -0.3 is 10.3 Å². The maximum absolute atomic E-state index is 4.88. The van der Waals surface area contributed by atoms with Crippen molar-refractivity contribution in [2.45, 2.75) is 19.9 Å². The molecule has 0 unspecified atom stereocenters. The summed E-state index contributed by atoms with van der Waals surface area (Å²) in [5.41, 5.74) is 7.22. The van der Waals surface area contributed by atoms with E-state index in [4.69, 9.17) is 4.98 Å². The second-order valence-corrected chi connectivity index (χ2v) is 7.07. The molecule has 0 aromatic carbocycles. The molecule has 0 fully saturated rings. The summed E-state index contributed by atoms with van der Waals surface area (Å²) < 4.78 is 0. The predicted molar refractivity (Wildman–Crippen MR) is 111 cm³/mol. The van der Waals surface area contributed by atoms with E-state index in [1.165, 1.54) is 0 Å². The molecule has 0 atom stereocenters. The number of anilines is 1. The number of aromatic amines is 2. The van der Waals surface area contributed by atoms with E-state index >= 15 is 0 Å². The van der Waals surface area contributed by atoms with Crippen molar-refractivity contribution in [3.63, 3.8) is 0 Å². The SMILES string of the molecule is CC(C)Nc1cncc(-c2ccc3[nH]nc(-c4cc5cnccc5[nH]4)c3n2)c1. The average molecular weight is 369 g/mol. The highest BCUT2D eigenvalue weighted by Crippen LogP contribution is 2.29. The van der Waals surface area contributed by atoms with Gasteiger partial charge in [0.1, 0.15) is 11.2 Å². The highest BCUT2D eigenvalue weighted by atomic mass is 15.1. The highest BCUT2D eigenvalue weighted by molar-refractivity contribution is 5.94. The molecule has 0 aliphatic heterocycles. The fourth-order valence-electron chi connectivity index (χ4n) is 3.34. The number of nitrogens with one attached hydrogen (secondary N) is 3. The molecule has 0 aliphatic carbocycles. The fourth-order valence-corrected chi connectivity index (χ4v) is 3.34. The van der Waals surface area contributed by atoms with Gasteiger partial charge in [-0.05, 0) is 44.2 Å². The van der Waals surface area contributed by atoms with Crippen LogP contribution in [-0.2, 0) is 0 Å². The Morgan fingerprint density at radius 2 is 1.89 bits per heavy atom. The van der Waals surface area contributed by atoms with Crippen LogP contribution in [0, 0.1) is 0 Å². The molecule has 5 aromatic rings. The van der Waals surface area contributed by atoms with Crippen LogP contribution in [0.3, 0.4) is 0 Å². The number of aromatic nitrogens is 6. The van der Waals surface area contributed by atoms with Crippen LogP contribution in [0.5, 0.6) is 0 Å². The minimum Gasteiger partial charge on any atom is -0.382 e. The van der Waals surface area contributed by atoms with Crippen LogP contribution in [0.4, 0.5) is 5.69 Å². The molecular weight excluding hydrogens is 350 g/mol. The summed E-state index contributed by atoms with van der Waals surface area (Å²) in [6, 6.07) is 10.4. The third kappa shape index (κ3) is 2.87. The van der Waals surface area contributed by atoms with Crippen molar-refractivity contribution in [2.24, 2.45) is 0 Å². The van der Waals surface area contributed by atoms with Crippen molar-refractivity contribution >= 4 is 27.6 Å². The first kappa shape index (κ1) is 16.4. The summed E-state index contributed by atoms with van der Waals surface area (Å²) in [6.45, 7) is 4.20. The maximum atomic E-state index is 4.88. The molecule has 138 valence electrons. The Bertz CT molecular complexity index is 1250. The molecule has 7 nitrogen and oxygen atoms in total. The Hall–Kier alpha value is -3.74. The third-order valence-electron chi connectivity index (χ3n) is 4.57. The third-order valence-corrected chi connectivity index (χ3v) is 4.57. The van der Waals surface area contributed by atoms with E-state index in [0.717, 1.165) is 50.3 Å². The zero-order valence-electron chi connectivity index (χ0n) is 15.6. The molecule has 0 amide bonds.